The van der Waals surface area contributed by atoms with Crippen molar-refractivity contribution in [3.63, 3.8) is 0 Å². The SMILES string of the molecule is CCCCCCCCC1CC=C(O)O1. The summed E-state index contributed by atoms with van der Waals surface area (Å²) in [6.07, 6.45) is 11.9. The fraction of sp³-hybridized carbons (Fsp3) is 0.833. The number of unbranched alkanes of at least 4 members (excludes halogenated alkanes) is 5. The van der Waals surface area contributed by atoms with E-state index in [9.17, 15) is 0 Å². The molecular weight excluding hydrogens is 176 g/mol. The van der Waals surface area contributed by atoms with Gasteiger partial charge in [0, 0.05) is 6.42 Å². The number of rotatable bonds is 7. The predicted molar refractivity (Wildman–Crippen MR) is 58.2 cm³/mol. The lowest BCUT2D eigenvalue weighted by atomic mass is 10.1. The fourth-order valence-corrected chi connectivity index (χ4v) is 1.83. The minimum absolute atomic E-state index is 0.126. The smallest absolute Gasteiger partial charge is 0.272 e. The van der Waals surface area contributed by atoms with Gasteiger partial charge in [0.25, 0.3) is 5.95 Å². The van der Waals surface area contributed by atoms with Crippen molar-refractivity contribution in [2.45, 2.75) is 64.4 Å². The molecule has 0 aromatic heterocycles. The largest absolute Gasteiger partial charge is 0.481 e. The van der Waals surface area contributed by atoms with Crippen LogP contribution in [0.5, 0.6) is 0 Å². The molecule has 14 heavy (non-hydrogen) atoms. The van der Waals surface area contributed by atoms with Crippen molar-refractivity contribution in [3.05, 3.63) is 12.0 Å². The third kappa shape index (κ3) is 4.54. The van der Waals surface area contributed by atoms with Gasteiger partial charge < -0.3 is 9.84 Å². The van der Waals surface area contributed by atoms with E-state index in [0.29, 0.717) is 0 Å². The third-order valence-electron chi connectivity index (χ3n) is 2.72. The maximum absolute atomic E-state index is 9.01. The van der Waals surface area contributed by atoms with Crippen molar-refractivity contribution in [1.82, 2.24) is 0 Å². The summed E-state index contributed by atoms with van der Waals surface area (Å²) in [6.45, 7) is 2.24. The Balaban J connectivity index is 1.85. The molecule has 1 aliphatic rings. The van der Waals surface area contributed by atoms with Crippen molar-refractivity contribution in [2.24, 2.45) is 0 Å². The molecule has 0 spiro atoms. The van der Waals surface area contributed by atoms with Crippen molar-refractivity contribution < 1.29 is 9.84 Å². The van der Waals surface area contributed by atoms with Gasteiger partial charge in [0.2, 0.25) is 0 Å². The van der Waals surface area contributed by atoms with E-state index >= 15 is 0 Å². The van der Waals surface area contributed by atoms with Crippen LogP contribution in [0.25, 0.3) is 0 Å². The second kappa shape index (κ2) is 6.74. The molecule has 0 bridgehead atoms. The maximum atomic E-state index is 9.01. The lowest BCUT2D eigenvalue weighted by Crippen LogP contribution is -2.05. The highest BCUT2D eigenvalue weighted by atomic mass is 16.6. The van der Waals surface area contributed by atoms with Crippen LogP contribution in [0.1, 0.15) is 58.3 Å². The highest BCUT2D eigenvalue weighted by Gasteiger charge is 2.16. The Labute approximate surface area is 87.0 Å². The Morgan fingerprint density at radius 1 is 1.29 bits per heavy atom. The highest BCUT2D eigenvalue weighted by Crippen LogP contribution is 2.20. The summed E-state index contributed by atoms with van der Waals surface area (Å²) in [6, 6.07) is 0. The number of hydrogen-bond acceptors (Lipinski definition) is 2. The number of aliphatic hydroxyl groups is 1. The van der Waals surface area contributed by atoms with Gasteiger partial charge >= 0.3 is 0 Å². The molecule has 1 N–H and O–H groups in total. The molecule has 0 saturated heterocycles. The van der Waals surface area contributed by atoms with Gasteiger partial charge in [0.1, 0.15) is 6.10 Å². The van der Waals surface area contributed by atoms with Gasteiger partial charge in [-0.05, 0) is 18.9 Å². The van der Waals surface area contributed by atoms with E-state index in [1.807, 2.05) is 0 Å². The average molecular weight is 198 g/mol. The second-order valence-electron chi connectivity index (χ2n) is 4.07. The number of aliphatic hydroxyl groups excluding tert-OH is 1. The minimum atomic E-state index is 0.126. The van der Waals surface area contributed by atoms with Gasteiger partial charge in [0.15, 0.2) is 0 Å². The molecular formula is C12H22O2. The van der Waals surface area contributed by atoms with Gasteiger partial charge in [-0.25, -0.2) is 0 Å². The molecule has 1 aliphatic heterocycles. The van der Waals surface area contributed by atoms with E-state index < -0.39 is 0 Å². The first-order valence-electron chi connectivity index (χ1n) is 5.88. The molecule has 1 atom stereocenters. The molecule has 0 radical (unpaired) electrons. The summed E-state index contributed by atoms with van der Waals surface area (Å²) in [7, 11) is 0. The van der Waals surface area contributed by atoms with Crippen LogP contribution in [0, 0.1) is 0 Å². The standard InChI is InChI=1S/C12H22O2/c1-2-3-4-5-6-7-8-11-9-10-12(13)14-11/h10-11,13H,2-9H2,1H3. The molecule has 0 fully saturated rings. The Bertz CT molecular complexity index is 175. The molecule has 1 unspecified atom stereocenters. The molecule has 1 rings (SSSR count). The van der Waals surface area contributed by atoms with E-state index in [0.717, 1.165) is 12.8 Å². The summed E-state index contributed by atoms with van der Waals surface area (Å²) in [5.41, 5.74) is 0. The molecule has 0 aromatic carbocycles. The zero-order valence-electron chi connectivity index (χ0n) is 9.17. The van der Waals surface area contributed by atoms with Gasteiger partial charge in [-0.15, -0.1) is 0 Å². The van der Waals surface area contributed by atoms with Crippen LogP contribution < -0.4 is 0 Å². The zero-order chi connectivity index (χ0) is 10.2. The summed E-state index contributed by atoms with van der Waals surface area (Å²) in [5, 5.41) is 9.01. The van der Waals surface area contributed by atoms with Crippen LogP contribution in [0.4, 0.5) is 0 Å². The summed E-state index contributed by atoms with van der Waals surface area (Å²) < 4.78 is 5.21. The van der Waals surface area contributed by atoms with Crippen LogP contribution in [0.2, 0.25) is 0 Å². The molecule has 0 saturated carbocycles. The fourth-order valence-electron chi connectivity index (χ4n) is 1.83. The first kappa shape index (κ1) is 11.4. The molecule has 0 aliphatic carbocycles. The number of hydrogen-bond donors (Lipinski definition) is 1. The first-order valence-corrected chi connectivity index (χ1v) is 5.88. The van der Waals surface area contributed by atoms with E-state index in [2.05, 4.69) is 6.92 Å². The van der Waals surface area contributed by atoms with Gasteiger partial charge in [-0.2, -0.15) is 0 Å². The van der Waals surface area contributed by atoms with Crippen LogP contribution in [0.3, 0.4) is 0 Å². The topological polar surface area (TPSA) is 29.5 Å². The summed E-state index contributed by atoms with van der Waals surface area (Å²) in [4.78, 5) is 0. The molecule has 0 aromatic rings. The third-order valence-corrected chi connectivity index (χ3v) is 2.72. The average Bonchev–Trinajstić information content (AvgIpc) is 2.58. The molecule has 82 valence electrons. The van der Waals surface area contributed by atoms with E-state index in [1.54, 1.807) is 6.08 Å². The van der Waals surface area contributed by atoms with Crippen LogP contribution in [-0.2, 0) is 4.74 Å². The van der Waals surface area contributed by atoms with E-state index in [1.165, 1.54) is 38.5 Å². The van der Waals surface area contributed by atoms with E-state index in [4.69, 9.17) is 9.84 Å². The second-order valence-corrected chi connectivity index (χ2v) is 4.07. The van der Waals surface area contributed by atoms with Gasteiger partial charge in [-0.1, -0.05) is 39.0 Å². The molecule has 2 nitrogen and oxygen atoms in total. The van der Waals surface area contributed by atoms with Crippen LogP contribution >= 0.6 is 0 Å². The van der Waals surface area contributed by atoms with Crippen LogP contribution in [0.15, 0.2) is 12.0 Å². The first-order chi connectivity index (χ1) is 6.83. The van der Waals surface area contributed by atoms with E-state index in [-0.39, 0.29) is 12.0 Å². The maximum Gasteiger partial charge on any atom is 0.272 e. The minimum Gasteiger partial charge on any atom is -0.481 e. The Morgan fingerprint density at radius 3 is 2.64 bits per heavy atom. The quantitative estimate of drug-likeness (QED) is 0.628. The Kier molecular flexibility index (Phi) is 5.50. The molecule has 1 heterocycles. The van der Waals surface area contributed by atoms with Crippen LogP contribution in [-0.4, -0.2) is 11.2 Å². The highest BCUT2D eigenvalue weighted by molar-refractivity contribution is 4.92. The zero-order valence-corrected chi connectivity index (χ0v) is 9.17. The van der Waals surface area contributed by atoms with Crippen molar-refractivity contribution in [1.29, 1.82) is 0 Å². The predicted octanol–water partition coefficient (Wildman–Crippen LogP) is 3.93. The van der Waals surface area contributed by atoms with Crippen molar-refractivity contribution in [3.8, 4) is 0 Å². The Hall–Kier alpha value is -0.660. The normalized spacial score (nSPS) is 20.6. The number of ether oxygens (including phenoxy) is 1. The lowest BCUT2D eigenvalue weighted by Gasteiger charge is -2.10. The van der Waals surface area contributed by atoms with Gasteiger partial charge in [-0.3, -0.25) is 0 Å². The van der Waals surface area contributed by atoms with Crippen molar-refractivity contribution in [2.75, 3.05) is 0 Å². The molecule has 0 amide bonds. The van der Waals surface area contributed by atoms with Gasteiger partial charge in [0.05, 0.1) is 0 Å². The molecule has 2 heteroatoms. The monoisotopic (exact) mass is 198 g/mol. The van der Waals surface area contributed by atoms with Crippen molar-refractivity contribution >= 4 is 0 Å². The summed E-state index contributed by atoms with van der Waals surface area (Å²) >= 11 is 0. The Morgan fingerprint density at radius 2 is 2.00 bits per heavy atom. The summed E-state index contributed by atoms with van der Waals surface area (Å²) in [5.74, 6) is 0.126. The lowest BCUT2D eigenvalue weighted by molar-refractivity contribution is 0.0520.